The molecule has 26 heavy (non-hydrogen) atoms. The molecular weight excluding hydrogens is 335 g/mol. The van der Waals surface area contributed by atoms with Gasteiger partial charge in [-0.1, -0.05) is 43.3 Å². The normalized spacial score (nSPS) is 12.9. The molecule has 5 nitrogen and oxygen atoms in total. The van der Waals surface area contributed by atoms with Crippen LogP contribution < -0.4 is 10.6 Å². The average molecular weight is 359 g/mol. The van der Waals surface area contributed by atoms with Crippen LogP contribution in [-0.4, -0.2) is 25.2 Å². The molecule has 0 saturated carbocycles. The molecule has 2 aromatic carbocycles. The van der Waals surface area contributed by atoms with Crippen LogP contribution in [-0.2, 0) is 16.0 Å². The Labute approximate surface area is 152 Å². The number of halogens is 1. The van der Waals surface area contributed by atoms with Crippen LogP contribution in [0.5, 0.6) is 0 Å². The summed E-state index contributed by atoms with van der Waals surface area (Å²) in [5, 5.41) is 3.96. The van der Waals surface area contributed by atoms with Crippen molar-refractivity contribution in [3.05, 3.63) is 71.0 Å². The second kappa shape index (κ2) is 9.10. The van der Waals surface area contributed by atoms with E-state index in [2.05, 4.69) is 17.0 Å². The smallest absolute Gasteiger partial charge is 0.413 e. The van der Waals surface area contributed by atoms with Crippen LogP contribution in [0.3, 0.4) is 0 Å². The van der Waals surface area contributed by atoms with Gasteiger partial charge in [-0.2, -0.15) is 0 Å². The summed E-state index contributed by atoms with van der Waals surface area (Å²) in [7, 11) is 1.20. The minimum absolute atomic E-state index is 0.282. The first-order valence-corrected chi connectivity index (χ1v) is 8.52. The van der Waals surface area contributed by atoms with E-state index in [1.54, 1.807) is 18.3 Å². The third-order valence-corrected chi connectivity index (χ3v) is 4.26. The molecule has 2 rings (SSSR count). The molecule has 2 amide bonds. The molecule has 0 spiro atoms. The van der Waals surface area contributed by atoms with Gasteiger partial charge >= 0.3 is 6.09 Å². The van der Waals surface area contributed by atoms with E-state index >= 15 is 0 Å². The van der Waals surface area contributed by atoms with Crippen molar-refractivity contribution >= 4 is 12.0 Å². The Morgan fingerprint density at radius 1 is 1.15 bits per heavy atom. The molecule has 3 N–H and O–H groups in total. The number of aryl methyl sites for hydroxylation is 1. The van der Waals surface area contributed by atoms with Crippen LogP contribution in [0.25, 0.3) is 0 Å². The highest BCUT2D eigenvalue weighted by atomic mass is 19.1. The molecule has 0 saturated heterocycles. The first-order valence-electron chi connectivity index (χ1n) is 8.52. The van der Waals surface area contributed by atoms with Crippen LogP contribution in [0, 0.1) is 5.82 Å². The molecule has 0 unspecified atom stereocenters. The number of hydrogen-bond acceptors (Lipinski definition) is 3. The van der Waals surface area contributed by atoms with Gasteiger partial charge in [-0.05, 0) is 31.0 Å². The Kier molecular flexibility index (Phi) is 6.86. The van der Waals surface area contributed by atoms with E-state index in [9.17, 15) is 14.0 Å². The summed E-state index contributed by atoms with van der Waals surface area (Å²) in [6.07, 6.45) is 0.122. The van der Waals surface area contributed by atoms with Gasteiger partial charge in [0.2, 0.25) is 0 Å². The summed E-state index contributed by atoms with van der Waals surface area (Å²) in [5.41, 5.74) is 2.89. The molecule has 0 aliphatic rings. The fraction of sp³-hybridized carbons (Fsp3) is 0.300. The standard InChI is InChI=1S/C20H23FN2O3/c1-4-14-8-10-15(11-9-14)18(16-6-5-7-17(21)12-16)22-13(2)19(24)23-20(25)26-3/h5-13,18,22H,4H2,1-3H3,(H,23,24,25)/p+1/t13-,18-/m1/s1. The summed E-state index contributed by atoms with van der Waals surface area (Å²) in [6, 6.07) is 13.5. The molecule has 138 valence electrons. The number of amides is 2. The molecule has 0 aliphatic carbocycles. The lowest BCUT2D eigenvalue weighted by molar-refractivity contribution is -0.704. The van der Waals surface area contributed by atoms with Gasteiger partial charge in [-0.25, -0.2) is 9.18 Å². The lowest BCUT2D eigenvalue weighted by atomic mass is 9.96. The van der Waals surface area contributed by atoms with Crippen molar-refractivity contribution in [1.82, 2.24) is 5.32 Å². The second-order valence-corrected chi connectivity index (χ2v) is 6.09. The Morgan fingerprint density at radius 3 is 2.42 bits per heavy atom. The Balaban J connectivity index is 2.28. The predicted octanol–water partition coefficient (Wildman–Crippen LogP) is 2.31. The quantitative estimate of drug-likeness (QED) is 0.831. The monoisotopic (exact) mass is 359 g/mol. The van der Waals surface area contributed by atoms with Crippen LogP contribution in [0.2, 0.25) is 0 Å². The number of benzene rings is 2. The van der Waals surface area contributed by atoms with Gasteiger partial charge in [0, 0.05) is 11.1 Å². The summed E-state index contributed by atoms with van der Waals surface area (Å²) in [5.74, 6) is -0.804. The number of rotatable bonds is 6. The number of alkyl carbamates (subject to hydrolysis) is 1. The number of carbonyl (C=O) groups is 2. The van der Waals surface area contributed by atoms with Crippen molar-refractivity contribution in [3.63, 3.8) is 0 Å². The maximum Gasteiger partial charge on any atom is 0.413 e. The maximum atomic E-state index is 13.7. The molecule has 6 heteroatoms. The third-order valence-electron chi connectivity index (χ3n) is 4.26. The number of imide groups is 1. The topological polar surface area (TPSA) is 72.0 Å². The summed E-state index contributed by atoms with van der Waals surface area (Å²) < 4.78 is 18.2. The fourth-order valence-electron chi connectivity index (χ4n) is 2.72. The van der Waals surface area contributed by atoms with Crippen LogP contribution in [0.1, 0.15) is 36.6 Å². The van der Waals surface area contributed by atoms with Crippen LogP contribution in [0.15, 0.2) is 48.5 Å². The van der Waals surface area contributed by atoms with E-state index in [1.807, 2.05) is 30.3 Å². The maximum absolute atomic E-state index is 13.7. The van der Waals surface area contributed by atoms with Crippen molar-refractivity contribution in [3.8, 4) is 0 Å². The zero-order valence-corrected chi connectivity index (χ0v) is 15.2. The van der Waals surface area contributed by atoms with Crippen molar-refractivity contribution in [2.75, 3.05) is 7.11 Å². The number of carbonyl (C=O) groups excluding carboxylic acids is 2. The average Bonchev–Trinajstić information content (AvgIpc) is 2.65. The van der Waals surface area contributed by atoms with Gasteiger partial charge in [-0.15, -0.1) is 0 Å². The fourth-order valence-corrected chi connectivity index (χ4v) is 2.72. The second-order valence-electron chi connectivity index (χ2n) is 6.09. The van der Waals surface area contributed by atoms with Crippen molar-refractivity contribution in [2.24, 2.45) is 0 Å². The van der Waals surface area contributed by atoms with Crippen molar-refractivity contribution < 1.29 is 24.0 Å². The Morgan fingerprint density at radius 2 is 1.85 bits per heavy atom. The molecule has 2 atom stereocenters. The minimum atomic E-state index is -0.801. The van der Waals surface area contributed by atoms with Gasteiger partial charge in [0.15, 0.2) is 6.04 Å². The highest BCUT2D eigenvalue weighted by molar-refractivity contribution is 5.93. The molecule has 0 heterocycles. The molecular formula is C20H24FN2O3+. The Bertz CT molecular complexity index is 762. The van der Waals surface area contributed by atoms with E-state index in [-0.39, 0.29) is 11.9 Å². The highest BCUT2D eigenvalue weighted by Gasteiger charge is 2.26. The van der Waals surface area contributed by atoms with Crippen LogP contribution >= 0.6 is 0 Å². The lowest BCUT2D eigenvalue weighted by Gasteiger charge is -2.20. The van der Waals surface area contributed by atoms with E-state index in [1.165, 1.54) is 24.8 Å². The number of ether oxygens (including phenoxy) is 1. The van der Waals surface area contributed by atoms with Crippen LogP contribution in [0.4, 0.5) is 9.18 Å². The first-order chi connectivity index (χ1) is 12.4. The molecule has 0 radical (unpaired) electrons. The van der Waals surface area contributed by atoms with Crippen molar-refractivity contribution in [2.45, 2.75) is 32.4 Å². The van der Waals surface area contributed by atoms with Gasteiger partial charge in [0.25, 0.3) is 5.91 Å². The van der Waals surface area contributed by atoms with E-state index in [0.29, 0.717) is 0 Å². The first kappa shape index (κ1) is 19.6. The zero-order valence-electron chi connectivity index (χ0n) is 15.2. The molecule has 0 fully saturated rings. The summed E-state index contributed by atoms with van der Waals surface area (Å²) in [4.78, 5) is 23.4. The third kappa shape index (κ3) is 5.13. The predicted molar refractivity (Wildman–Crippen MR) is 96.0 cm³/mol. The van der Waals surface area contributed by atoms with E-state index < -0.39 is 18.0 Å². The zero-order chi connectivity index (χ0) is 19.1. The largest absolute Gasteiger partial charge is 0.453 e. The van der Waals surface area contributed by atoms with Gasteiger partial charge in [0.05, 0.1) is 7.11 Å². The lowest BCUT2D eigenvalue weighted by Crippen LogP contribution is -2.92. The molecule has 0 bridgehead atoms. The number of quaternary nitrogens is 1. The van der Waals surface area contributed by atoms with Gasteiger partial charge < -0.3 is 10.1 Å². The van der Waals surface area contributed by atoms with Crippen molar-refractivity contribution in [1.29, 1.82) is 0 Å². The Hall–Kier alpha value is -2.73. The molecule has 0 aromatic heterocycles. The molecule has 0 aliphatic heterocycles. The number of nitrogens with one attached hydrogen (secondary N) is 1. The minimum Gasteiger partial charge on any atom is -0.453 e. The SMILES string of the molecule is CCc1ccc([C@@H]([NH2+][C@H](C)C(=O)NC(=O)OC)c2cccc(F)c2)cc1. The van der Waals surface area contributed by atoms with E-state index in [4.69, 9.17) is 0 Å². The summed E-state index contributed by atoms with van der Waals surface area (Å²) >= 11 is 0. The van der Waals surface area contributed by atoms with Gasteiger partial charge in [-0.3, -0.25) is 10.1 Å². The number of methoxy groups -OCH3 is 1. The van der Waals surface area contributed by atoms with E-state index in [0.717, 1.165) is 17.5 Å². The highest BCUT2D eigenvalue weighted by Crippen LogP contribution is 2.20. The molecule has 2 aromatic rings. The van der Waals surface area contributed by atoms with Gasteiger partial charge in [0.1, 0.15) is 11.9 Å². The summed E-state index contributed by atoms with van der Waals surface area (Å²) in [6.45, 7) is 3.76. The number of nitrogens with two attached hydrogens (primary N) is 1. The number of hydrogen-bond donors (Lipinski definition) is 2.